The molecule has 0 aliphatic carbocycles. The van der Waals surface area contributed by atoms with E-state index in [0.29, 0.717) is 12.3 Å². The maximum absolute atomic E-state index is 9.66. The van der Waals surface area contributed by atoms with Gasteiger partial charge in [0.1, 0.15) is 0 Å². The summed E-state index contributed by atoms with van der Waals surface area (Å²) in [5, 5.41) is 18.3. The van der Waals surface area contributed by atoms with Gasteiger partial charge in [-0.25, -0.2) is 5.48 Å². The molecule has 3 N–H and O–H groups in total. The normalized spacial score (nSPS) is 10.3. The SMILES string of the molecule is COc1c(C)c(CNO)cc(C)c1O. The molecule has 1 aromatic rings. The molecule has 0 amide bonds. The predicted molar refractivity (Wildman–Crippen MR) is 52.8 cm³/mol. The second kappa shape index (κ2) is 4.30. The molecule has 0 saturated heterocycles. The highest BCUT2D eigenvalue weighted by molar-refractivity contribution is 5.53. The Bertz CT molecular complexity index is 337. The van der Waals surface area contributed by atoms with Crippen LogP contribution in [0.25, 0.3) is 0 Å². The monoisotopic (exact) mass is 197 g/mol. The number of methoxy groups -OCH3 is 1. The van der Waals surface area contributed by atoms with Crippen molar-refractivity contribution in [2.45, 2.75) is 20.4 Å². The quantitative estimate of drug-likeness (QED) is 0.642. The number of phenolic OH excluding ortho intramolecular Hbond substituents is 1. The number of hydrogen-bond acceptors (Lipinski definition) is 4. The molecule has 1 aromatic carbocycles. The molecule has 0 atom stereocenters. The molecule has 0 aliphatic heterocycles. The zero-order chi connectivity index (χ0) is 10.7. The van der Waals surface area contributed by atoms with Crippen molar-refractivity contribution in [1.29, 1.82) is 0 Å². The van der Waals surface area contributed by atoms with Gasteiger partial charge in [-0.1, -0.05) is 6.07 Å². The fourth-order valence-electron chi connectivity index (χ4n) is 1.46. The average Bonchev–Trinajstić information content (AvgIpc) is 2.16. The predicted octanol–water partition coefficient (Wildman–Crippen LogP) is 1.50. The first-order valence-electron chi connectivity index (χ1n) is 4.34. The molecule has 14 heavy (non-hydrogen) atoms. The van der Waals surface area contributed by atoms with Gasteiger partial charge in [-0.2, -0.15) is 0 Å². The van der Waals surface area contributed by atoms with Gasteiger partial charge in [0.15, 0.2) is 11.5 Å². The van der Waals surface area contributed by atoms with E-state index in [2.05, 4.69) is 5.48 Å². The number of ether oxygens (including phenoxy) is 1. The van der Waals surface area contributed by atoms with Gasteiger partial charge >= 0.3 is 0 Å². The lowest BCUT2D eigenvalue weighted by atomic mass is 10.0. The molecule has 4 heteroatoms. The van der Waals surface area contributed by atoms with E-state index in [1.54, 1.807) is 6.92 Å². The van der Waals surface area contributed by atoms with Gasteiger partial charge in [0.05, 0.1) is 7.11 Å². The molecule has 0 aromatic heterocycles. The van der Waals surface area contributed by atoms with Crippen LogP contribution < -0.4 is 10.2 Å². The van der Waals surface area contributed by atoms with Crippen molar-refractivity contribution in [1.82, 2.24) is 5.48 Å². The largest absolute Gasteiger partial charge is 0.504 e. The topological polar surface area (TPSA) is 61.7 Å². The van der Waals surface area contributed by atoms with Crippen LogP contribution >= 0.6 is 0 Å². The first-order chi connectivity index (χ1) is 6.61. The minimum atomic E-state index is 0.159. The van der Waals surface area contributed by atoms with E-state index in [0.717, 1.165) is 16.7 Å². The molecule has 0 spiro atoms. The third-order valence-electron chi connectivity index (χ3n) is 2.28. The van der Waals surface area contributed by atoms with E-state index < -0.39 is 0 Å². The second-order valence-electron chi connectivity index (χ2n) is 3.19. The molecular weight excluding hydrogens is 182 g/mol. The molecule has 78 valence electrons. The first kappa shape index (κ1) is 10.8. The minimum absolute atomic E-state index is 0.159. The molecule has 4 nitrogen and oxygen atoms in total. The fourth-order valence-corrected chi connectivity index (χ4v) is 1.46. The highest BCUT2D eigenvalue weighted by Crippen LogP contribution is 2.35. The van der Waals surface area contributed by atoms with Crippen LogP contribution in [0.5, 0.6) is 11.5 Å². The Kier molecular flexibility index (Phi) is 3.33. The summed E-state index contributed by atoms with van der Waals surface area (Å²) in [5.41, 5.74) is 4.55. The Morgan fingerprint density at radius 2 is 2.07 bits per heavy atom. The number of nitrogens with one attached hydrogen (secondary N) is 1. The molecule has 0 bridgehead atoms. The maximum atomic E-state index is 9.66. The maximum Gasteiger partial charge on any atom is 0.163 e. The van der Waals surface area contributed by atoms with Crippen molar-refractivity contribution < 1.29 is 15.1 Å². The second-order valence-corrected chi connectivity index (χ2v) is 3.19. The third-order valence-corrected chi connectivity index (χ3v) is 2.28. The third kappa shape index (κ3) is 1.81. The molecule has 0 fully saturated rings. The molecule has 0 unspecified atom stereocenters. The van der Waals surface area contributed by atoms with E-state index in [1.165, 1.54) is 7.11 Å². The van der Waals surface area contributed by atoms with Crippen LogP contribution in [0.15, 0.2) is 6.07 Å². The lowest BCUT2D eigenvalue weighted by molar-refractivity contribution is 0.161. The van der Waals surface area contributed by atoms with E-state index in [9.17, 15) is 5.11 Å². The smallest absolute Gasteiger partial charge is 0.163 e. The summed E-state index contributed by atoms with van der Waals surface area (Å²) in [6, 6.07) is 1.82. The molecule has 1 rings (SSSR count). The summed E-state index contributed by atoms with van der Waals surface area (Å²) < 4.78 is 5.08. The number of hydrogen-bond donors (Lipinski definition) is 3. The molecule has 0 aliphatic rings. The summed E-state index contributed by atoms with van der Waals surface area (Å²) in [4.78, 5) is 0. The van der Waals surface area contributed by atoms with Gasteiger partial charge < -0.3 is 15.1 Å². The van der Waals surface area contributed by atoms with E-state index in [-0.39, 0.29) is 5.75 Å². The number of benzene rings is 1. The van der Waals surface area contributed by atoms with Crippen molar-refractivity contribution in [3.8, 4) is 11.5 Å². The number of phenols is 1. The van der Waals surface area contributed by atoms with E-state index >= 15 is 0 Å². The number of rotatable bonds is 3. The van der Waals surface area contributed by atoms with Crippen molar-refractivity contribution in [3.05, 3.63) is 22.8 Å². The van der Waals surface area contributed by atoms with Gasteiger partial charge in [-0.3, -0.25) is 0 Å². The Hall–Kier alpha value is -1.26. The van der Waals surface area contributed by atoms with E-state index in [4.69, 9.17) is 9.94 Å². The van der Waals surface area contributed by atoms with Gasteiger partial charge in [0.2, 0.25) is 0 Å². The van der Waals surface area contributed by atoms with Crippen molar-refractivity contribution in [2.75, 3.05) is 7.11 Å². The Morgan fingerprint density at radius 1 is 1.43 bits per heavy atom. The standard InChI is InChI=1S/C10H15NO3/c1-6-4-8(5-11-13)7(2)10(14-3)9(6)12/h4,11-13H,5H2,1-3H3. The fraction of sp³-hybridized carbons (Fsp3) is 0.400. The summed E-state index contributed by atoms with van der Waals surface area (Å²) in [5.74, 6) is 0.627. The van der Waals surface area contributed by atoms with E-state index in [1.807, 2.05) is 13.0 Å². The van der Waals surface area contributed by atoms with Gasteiger partial charge in [-0.15, -0.1) is 0 Å². The van der Waals surface area contributed by atoms with Crippen LogP contribution in [-0.2, 0) is 6.54 Å². The van der Waals surface area contributed by atoms with Crippen LogP contribution in [0.2, 0.25) is 0 Å². The summed E-state index contributed by atoms with van der Waals surface area (Å²) in [6.07, 6.45) is 0. The molecule has 0 radical (unpaired) electrons. The van der Waals surface area contributed by atoms with Crippen molar-refractivity contribution >= 4 is 0 Å². The van der Waals surface area contributed by atoms with Crippen molar-refractivity contribution in [3.63, 3.8) is 0 Å². The Morgan fingerprint density at radius 3 is 2.57 bits per heavy atom. The lowest BCUT2D eigenvalue weighted by Gasteiger charge is -2.13. The van der Waals surface area contributed by atoms with Gasteiger partial charge in [0, 0.05) is 6.54 Å². The molecule has 0 heterocycles. The van der Waals surface area contributed by atoms with Gasteiger partial charge in [0.25, 0.3) is 0 Å². The van der Waals surface area contributed by atoms with Crippen LogP contribution in [0.4, 0.5) is 0 Å². The zero-order valence-corrected chi connectivity index (χ0v) is 8.59. The highest BCUT2D eigenvalue weighted by Gasteiger charge is 2.12. The van der Waals surface area contributed by atoms with Crippen LogP contribution in [0, 0.1) is 13.8 Å². The number of hydroxylamine groups is 1. The molecular formula is C10H15NO3. The number of aromatic hydroxyl groups is 1. The summed E-state index contributed by atoms with van der Waals surface area (Å²) >= 11 is 0. The Labute approximate surface area is 83.1 Å². The highest BCUT2D eigenvalue weighted by atomic mass is 16.5. The minimum Gasteiger partial charge on any atom is -0.504 e. The molecule has 0 saturated carbocycles. The van der Waals surface area contributed by atoms with Gasteiger partial charge in [-0.05, 0) is 30.5 Å². The van der Waals surface area contributed by atoms with Crippen LogP contribution in [-0.4, -0.2) is 17.4 Å². The summed E-state index contributed by atoms with van der Waals surface area (Å²) in [6.45, 7) is 3.96. The number of aryl methyl sites for hydroxylation is 1. The summed E-state index contributed by atoms with van der Waals surface area (Å²) in [7, 11) is 1.51. The first-order valence-corrected chi connectivity index (χ1v) is 4.34. The lowest BCUT2D eigenvalue weighted by Crippen LogP contribution is -2.08. The average molecular weight is 197 g/mol. The van der Waals surface area contributed by atoms with Crippen molar-refractivity contribution in [2.24, 2.45) is 0 Å². The zero-order valence-electron chi connectivity index (χ0n) is 8.59. The van der Waals surface area contributed by atoms with Crippen LogP contribution in [0.3, 0.4) is 0 Å². The van der Waals surface area contributed by atoms with Crippen LogP contribution in [0.1, 0.15) is 16.7 Å². The Balaban J connectivity index is 3.27.